The minimum Gasteiger partial charge on any atom is -0.479 e. The van der Waals surface area contributed by atoms with Crippen LogP contribution in [0.25, 0.3) is 0 Å². The summed E-state index contributed by atoms with van der Waals surface area (Å²) in [5.41, 5.74) is 0.822. The van der Waals surface area contributed by atoms with Gasteiger partial charge in [-0.2, -0.15) is 0 Å². The van der Waals surface area contributed by atoms with Gasteiger partial charge in [0, 0.05) is 31.5 Å². The monoisotopic (exact) mass is 408 g/mol. The number of alkyl carbamates (subject to hydrolysis) is 1. The number of hydrogen-bond acceptors (Lipinski definition) is 4. The highest BCUT2D eigenvalue weighted by molar-refractivity contribution is 5.85. The molecule has 1 saturated carbocycles. The Balaban J connectivity index is 1.46. The molecule has 4 rings (SSSR count). The van der Waals surface area contributed by atoms with Crippen molar-refractivity contribution >= 4 is 12.1 Å². The van der Waals surface area contributed by atoms with Crippen LogP contribution >= 0.6 is 0 Å². The second kappa shape index (κ2) is 8.88. The van der Waals surface area contributed by atoms with E-state index in [-0.39, 0.29) is 18.4 Å². The van der Waals surface area contributed by atoms with E-state index in [1.54, 1.807) is 0 Å². The summed E-state index contributed by atoms with van der Waals surface area (Å²) in [6.45, 7) is 2.22. The summed E-state index contributed by atoms with van der Waals surface area (Å²) in [6.07, 6.45) is 1.90. The molecule has 1 aliphatic heterocycles. The van der Waals surface area contributed by atoms with Gasteiger partial charge < -0.3 is 15.2 Å². The number of carbonyl (C=O) groups excluding carboxylic acids is 1. The molecule has 1 saturated heterocycles. The first-order chi connectivity index (χ1) is 14.6. The smallest absolute Gasteiger partial charge is 0.408 e. The molecule has 2 N–H and O–H groups in total. The average molecular weight is 408 g/mol. The van der Waals surface area contributed by atoms with Crippen molar-refractivity contribution in [2.45, 2.75) is 38.0 Å². The van der Waals surface area contributed by atoms with Crippen LogP contribution in [0.15, 0.2) is 60.7 Å². The second-order valence-electron chi connectivity index (χ2n) is 8.37. The highest BCUT2D eigenvalue weighted by atomic mass is 16.5. The lowest BCUT2D eigenvalue weighted by molar-refractivity contribution is -0.158. The Labute approximate surface area is 176 Å². The van der Waals surface area contributed by atoms with Crippen LogP contribution in [0.3, 0.4) is 0 Å². The van der Waals surface area contributed by atoms with Gasteiger partial charge in [-0.3, -0.25) is 4.90 Å². The Bertz CT molecular complexity index is 857. The lowest BCUT2D eigenvalue weighted by Crippen LogP contribution is -2.71. The fourth-order valence-corrected chi connectivity index (χ4v) is 5.07. The normalized spacial score (nSPS) is 26.0. The van der Waals surface area contributed by atoms with Crippen LogP contribution in [-0.4, -0.2) is 40.7 Å². The number of fused-ring (bicyclic) bond motifs is 2. The summed E-state index contributed by atoms with van der Waals surface area (Å²) in [4.78, 5) is 27.4. The van der Waals surface area contributed by atoms with E-state index in [9.17, 15) is 14.7 Å². The Kier molecular flexibility index (Phi) is 6.04. The Hall–Kier alpha value is -2.86. The number of nitrogens with zero attached hydrogens (tertiary/aromatic N) is 1. The van der Waals surface area contributed by atoms with Crippen molar-refractivity contribution in [1.29, 1.82) is 0 Å². The van der Waals surface area contributed by atoms with Crippen LogP contribution in [0.2, 0.25) is 0 Å². The summed E-state index contributed by atoms with van der Waals surface area (Å²) in [6, 6.07) is 19.6. The lowest BCUT2D eigenvalue weighted by atomic mass is 9.63. The fraction of sp³-hybridized carbons (Fsp3) is 0.417. The summed E-state index contributed by atoms with van der Waals surface area (Å²) >= 11 is 0. The molecule has 1 amide bonds. The largest absolute Gasteiger partial charge is 0.479 e. The van der Waals surface area contributed by atoms with Crippen molar-refractivity contribution in [3.05, 3.63) is 71.8 Å². The summed E-state index contributed by atoms with van der Waals surface area (Å²) in [5, 5.41) is 13.0. The van der Waals surface area contributed by atoms with E-state index in [1.165, 1.54) is 5.56 Å². The third-order valence-corrected chi connectivity index (χ3v) is 6.47. The molecule has 2 aromatic carbocycles. The quantitative estimate of drug-likeness (QED) is 0.763. The molecule has 2 aromatic rings. The Morgan fingerprint density at radius 3 is 2.10 bits per heavy atom. The number of nitrogens with one attached hydrogen (secondary N) is 1. The van der Waals surface area contributed by atoms with Crippen LogP contribution in [0.4, 0.5) is 4.79 Å². The first-order valence-corrected chi connectivity index (χ1v) is 10.6. The lowest BCUT2D eigenvalue weighted by Gasteiger charge is -2.53. The van der Waals surface area contributed by atoms with Crippen molar-refractivity contribution < 1.29 is 19.4 Å². The highest BCUT2D eigenvalue weighted by Gasteiger charge is 2.58. The van der Waals surface area contributed by atoms with Crippen molar-refractivity contribution in [1.82, 2.24) is 10.2 Å². The van der Waals surface area contributed by atoms with E-state index >= 15 is 0 Å². The molecule has 2 unspecified atom stereocenters. The van der Waals surface area contributed by atoms with E-state index in [1.807, 2.05) is 48.5 Å². The number of likely N-dealkylation sites (tertiary alicyclic amines) is 1. The van der Waals surface area contributed by atoms with Gasteiger partial charge in [0.25, 0.3) is 0 Å². The average Bonchev–Trinajstić information content (AvgIpc) is 2.74. The minimum atomic E-state index is -1.26. The zero-order valence-electron chi connectivity index (χ0n) is 17.0. The maximum Gasteiger partial charge on any atom is 0.408 e. The second-order valence-corrected chi connectivity index (χ2v) is 8.37. The van der Waals surface area contributed by atoms with E-state index in [2.05, 4.69) is 22.3 Å². The number of hydrogen-bond donors (Lipinski definition) is 2. The number of carboxylic acid groups (broad SMARTS) is 1. The van der Waals surface area contributed by atoms with Crippen molar-refractivity contribution in [3.8, 4) is 0 Å². The van der Waals surface area contributed by atoms with Gasteiger partial charge in [-0.25, -0.2) is 9.59 Å². The number of benzene rings is 2. The van der Waals surface area contributed by atoms with Crippen molar-refractivity contribution in [3.63, 3.8) is 0 Å². The molecule has 0 spiro atoms. The molecule has 1 aliphatic carbocycles. The van der Waals surface area contributed by atoms with E-state index in [4.69, 9.17) is 4.74 Å². The molecule has 158 valence electrons. The molecule has 2 fully saturated rings. The van der Waals surface area contributed by atoms with Crippen molar-refractivity contribution in [2.75, 3.05) is 13.1 Å². The molecular weight excluding hydrogens is 380 g/mol. The third-order valence-electron chi connectivity index (χ3n) is 6.47. The number of carbonyl (C=O) groups is 2. The number of amides is 1. The topological polar surface area (TPSA) is 78.9 Å². The Morgan fingerprint density at radius 2 is 1.53 bits per heavy atom. The summed E-state index contributed by atoms with van der Waals surface area (Å²) < 4.78 is 5.37. The maximum atomic E-state index is 12.6. The zero-order valence-corrected chi connectivity index (χ0v) is 17.0. The van der Waals surface area contributed by atoms with Crippen LogP contribution < -0.4 is 5.32 Å². The van der Waals surface area contributed by atoms with Gasteiger partial charge in [0.1, 0.15) is 12.1 Å². The van der Waals surface area contributed by atoms with Gasteiger partial charge in [0.15, 0.2) is 0 Å². The molecule has 0 aromatic heterocycles. The summed E-state index contributed by atoms with van der Waals surface area (Å²) in [5.74, 6) is -1.24. The number of rotatable bonds is 6. The van der Waals surface area contributed by atoms with Gasteiger partial charge in [-0.1, -0.05) is 67.1 Å². The number of ether oxygens (including phenoxy) is 1. The molecule has 6 nitrogen and oxygen atoms in total. The third kappa shape index (κ3) is 4.19. The van der Waals surface area contributed by atoms with Crippen LogP contribution in [0, 0.1) is 11.8 Å². The molecule has 2 bridgehead atoms. The standard InChI is InChI=1S/C24H28N2O4/c27-22(28)24(25-23(29)30-17-19-10-5-2-6-11-19)20-12-7-13-21(24)16-26(15-20)14-18-8-3-1-4-9-18/h1-6,8-11,20-21H,7,12-17H2,(H,25,29)(H,27,28). The number of aliphatic carboxylic acids is 1. The SMILES string of the molecule is O=C(NC1(C(=O)O)C2CCCC1CN(Cc1ccccc1)C2)OCc1ccccc1. The Morgan fingerprint density at radius 1 is 0.967 bits per heavy atom. The van der Waals surface area contributed by atoms with Crippen LogP contribution in [-0.2, 0) is 22.7 Å². The van der Waals surface area contributed by atoms with Gasteiger partial charge in [-0.15, -0.1) is 0 Å². The zero-order chi connectivity index (χ0) is 21.0. The summed E-state index contributed by atoms with van der Waals surface area (Å²) in [7, 11) is 0. The van der Waals surface area contributed by atoms with Gasteiger partial charge >= 0.3 is 12.1 Å². The van der Waals surface area contributed by atoms with E-state index < -0.39 is 17.6 Å². The fourth-order valence-electron chi connectivity index (χ4n) is 5.07. The molecule has 2 atom stereocenters. The predicted octanol–water partition coefficient (Wildman–Crippen LogP) is 3.67. The molecule has 0 radical (unpaired) electrons. The van der Waals surface area contributed by atoms with Gasteiger partial charge in [0.2, 0.25) is 0 Å². The molecule has 6 heteroatoms. The first-order valence-electron chi connectivity index (χ1n) is 10.6. The van der Waals surface area contributed by atoms with Gasteiger partial charge in [0.05, 0.1) is 0 Å². The minimum absolute atomic E-state index is 0.123. The van der Waals surface area contributed by atoms with E-state index in [0.29, 0.717) is 13.1 Å². The van der Waals surface area contributed by atoms with Crippen LogP contribution in [0.5, 0.6) is 0 Å². The molecular formula is C24H28N2O4. The van der Waals surface area contributed by atoms with Crippen molar-refractivity contribution in [2.24, 2.45) is 11.8 Å². The highest BCUT2D eigenvalue weighted by Crippen LogP contribution is 2.43. The molecule has 30 heavy (non-hydrogen) atoms. The maximum absolute atomic E-state index is 12.6. The molecule has 1 heterocycles. The molecule has 2 aliphatic rings. The van der Waals surface area contributed by atoms with Crippen LogP contribution in [0.1, 0.15) is 30.4 Å². The van der Waals surface area contributed by atoms with Gasteiger partial charge in [-0.05, 0) is 24.0 Å². The predicted molar refractivity (Wildman–Crippen MR) is 113 cm³/mol. The number of carboxylic acids is 1. The van der Waals surface area contributed by atoms with E-state index in [0.717, 1.165) is 31.4 Å². The number of piperidine rings is 1. The first kappa shape index (κ1) is 20.4.